The molecule has 2 heterocycles. The number of hydrogen-bond donors (Lipinski definition) is 3. The second kappa shape index (κ2) is 7.25. The molecule has 132 valence electrons. The molecule has 1 aromatic heterocycles. The first kappa shape index (κ1) is 16.8. The Morgan fingerprint density at radius 1 is 1.52 bits per heavy atom. The van der Waals surface area contributed by atoms with E-state index in [0.29, 0.717) is 36.3 Å². The highest BCUT2D eigenvalue weighted by atomic mass is 16.5. The van der Waals surface area contributed by atoms with Crippen molar-refractivity contribution >= 4 is 28.3 Å². The van der Waals surface area contributed by atoms with Crippen LogP contribution in [-0.4, -0.2) is 43.7 Å². The van der Waals surface area contributed by atoms with E-state index >= 15 is 0 Å². The van der Waals surface area contributed by atoms with Crippen LogP contribution in [0, 0.1) is 0 Å². The Morgan fingerprint density at radius 2 is 2.36 bits per heavy atom. The molecule has 1 fully saturated rings. The fourth-order valence-electron chi connectivity index (χ4n) is 2.73. The van der Waals surface area contributed by atoms with Gasteiger partial charge in [-0.1, -0.05) is 0 Å². The predicted octanol–water partition coefficient (Wildman–Crippen LogP) is 1.26. The molecule has 1 aliphatic rings. The molecule has 0 bridgehead atoms. The maximum Gasteiger partial charge on any atom is 0.221 e. The van der Waals surface area contributed by atoms with Gasteiger partial charge in [-0.15, -0.1) is 0 Å². The summed E-state index contributed by atoms with van der Waals surface area (Å²) in [5, 5.41) is 7.62. The Balaban J connectivity index is 1.88. The van der Waals surface area contributed by atoms with Crippen molar-refractivity contribution in [2.45, 2.75) is 18.9 Å². The number of nitrogens with two attached hydrogens (primary N) is 1. The molecule has 0 aliphatic carbocycles. The molecular weight excluding hydrogens is 322 g/mol. The topological polar surface area (TPSA) is 111 Å². The van der Waals surface area contributed by atoms with Crippen LogP contribution in [0.25, 0.3) is 10.8 Å². The highest BCUT2D eigenvalue weighted by Crippen LogP contribution is 2.34. The van der Waals surface area contributed by atoms with E-state index in [1.807, 2.05) is 18.2 Å². The number of aliphatic imine (C=N–C) groups is 1. The molecule has 25 heavy (non-hydrogen) atoms. The minimum absolute atomic E-state index is 0.0213. The van der Waals surface area contributed by atoms with Gasteiger partial charge in [0.15, 0.2) is 5.96 Å². The molecule has 0 spiro atoms. The third-order valence-corrected chi connectivity index (χ3v) is 4.06. The Labute approximate surface area is 145 Å². The molecule has 8 heteroatoms. The van der Waals surface area contributed by atoms with Crippen molar-refractivity contribution in [1.82, 2.24) is 10.3 Å². The van der Waals surface area contributed by atoms with Gasteiger partial charge in [-0.05, 0) is 30.0 Å². The monoisotopic (exact) mass is 343 g/mol. The smallest absolute Gasteiger partial charge is 0.221 e. The van der Waals surface area contributed by atoms with Crippen LogP contribution in [0.15, 0.2) is 29.4 Å². The van der Waals surface area contributed by atoms with Crippen LogP contribution in [-0.2, 0) is 4.79 Å². The lowest BCUT2D eigenvalue weighted by Crippen LogP contribution is -2.31. The highest BCUT2D eigenvalue weighted by Gasteiger charge is 2.21. The van der Waals surface area contributed by atoms with Crippen molar-refractivity contribution in [3.63, 3.8) is 0 Å². The molecule has 1 saturated heterocycles. The van der Waals surface area contributed by atoms with Crippen molar-refractivity contribution < 1.29 is 14.3 Å². The number of methoxy groups -OCH3 is 1. The van der Waals surface area contributed by atoms with Crippen molar-refractivity contribution in [3.8, 4) is 11.6 Å². The number of nitrogens with zero attached hydrogens (tertiary/aromatic N) is 2. The van der Waals surface area contributed by atoms with Gasteiger partial charge in [0.1, 0.15) is 12.4 Å². The van der Waals surface area contributed by atoms with Gasteiger partial charge >= 0.3 is 0 Å². The maximum atomic E-state index is 11.3. The largest absolute Gasteiger partial charge is 0.495 e. The van der Waals surface area contributed by atoms with Crippen LogP contribution in [0.3, 0.4) is 0 Å². The van der Waals surface area contributed by atoms with Gasteiger partial charge in [0.25, 0.3) is 0 Å². The molecule has 0 radical (unpaired) electrons. The van der Waals surface area contributed by atoms with Crippen LogP contribution in [0.4, 0.5) is 5.69 Å². The number of pyridine rings is 1. The lowest BCUT2D eigenvalue weighted by atomic mass is 10.1. The van der Waals surface area contributed by atoms with Crippen molar-refractivity contribution in [1.29, 1.82) is 0 Å². The van der Waals surface area contributed by atoms with Crippen LogP contribution in [0.5, 0.6) is 11.6 Å². The first-order chi connectivity index (χ1) is 12.1. The quantitative estimate of drug-likeness (QED) is 0.557. The predicted molar refractivity (Wildman–Crippen MR) is 96.1 cm³/mol. The van der Waals surface area contributed by atoms with E-state index in [1.165, 1.54) is 0 Å². The van der Waals surface area contributed by atoms with E-state index in [9.17, 15) is 4.79 Å². The molecular formula is C17H21N5O3. The van der Waals surface area contributed by atoms with Crippen LogP contribution in [0.2, 0.25) is 0 Å². The van der Waals surface area contributed by atoms with Crippen molar-refractivity contribution in [2.75, 3.05) is 26.1 Å². The number of amides is 1. The Kier molecular flexibility index (Phi) is 4.87. The summed E-state index contributed by atoms with van der Waals surface area (Å²) in [6.07, 6.45) is 3.00. The zero-order valence-electron chi connectivity index (χ0n) is 14.2. The SMILES string of the molecule is CN=C(N)Nc1cc2ccnc(OC[C@@H]3CCC(=O)N3)c2cc1OC. The van der Waals surface area contributed by atoms with Crippen molar-refractivity contribution in [2.24, 2.45) is 10.7 Å². The molecule has 0 unspecified atom stereocenters. The van der Waals surface area contributed by atoms with Gasteiger partial charge in [-0.3, -0.25) is 9.79 Å². The molecule has 1 aromatic carbocycles. The molecule has 1 amide bonds. The van der Waals surface area contributed by atoms with E-state index in [-0.39, 0.29) is 11.9 Å². The number of carbonyl (C=O) groups excluding carboxylic acids is 1. The molecule has 3 rings (SSSR count). The second-order valence-corrected chi connectivity index (χ2v) is 5.74. The lowest BCUT2D eigenvalue weighted by Gasteiger charge is -2.15. The summed E-state index contributed by atoms with van der Waals surface area (Å²) in [6.45, 7) is 0.385. The van der Waals surface area contributed by atoms with Gasteiger partial charge in [0.2, 0.25) is 11.8 Å². The Morgan fingerprint density at radius 3 is 3.04 bits per heavy atom. The summed E-state index contributed by atoms with van der Waals surface area (Å²) >= 11 is 0. The number of benzene rings is 1. The number of aromatic nitrogens is 1. The average Bonchev–Trinajstić information content (AvgIpc) is 3.04. The van der Waals surface area contributed by atoms with E-state index in [1.54, 1.807) is 20.4 Å². The molecule has 4 N–H and O–H groups in total. The number of rotatable bonds is 5. The first-order valence-corrected chi connectivity index (χ1v) is 7.99. The molecule has 0 saturated carbocycles. The normalized spacial score (nSPS) is 17.4. The van der Waals surface area contributed by atoms with E-state index in [0.717, 1.165) is 17.2 Å². The van der Waals surface area contributed by atoms with Crippen molar-refractivity contribution in [3.05, 3.63) is 24.4 Å². The zero-order valence-corrected chi connectivity index (χ0v) is 14.2. The number of hydrogen-bond acceptors (Lipinski definition) is 5. The molecule has 8 nitrogen and oxygen atoms in total. The van der Waals surface area contributed by atoms with Crippen LogP contribution < -0.4 is 25.8 Å². The second-order valence-electron chi connectivity index (χ2n) is 5.74. The number of guanidine groups is 1. The summed E-state index contributed by atoms with van der Waals surface area (Å²) in [5.74, 6) is 1.46. The highest BCUT2D eigenvalue weighted by molar-refractivity contribution is 5.98. The third kappa shape index (κ3) is 3.73. The summed E-state index contributed by atoms with van der Waals surface area (Å²) in [7, 11) is 3.18. The first-order valence-electron chi connectivity index (χ1n) is 7.99. The fourth-order valence-corrected chi connectivity index (χ4v) is 2.73. The van der Waals surface area contributed by atoms with Gasteiger partial charge in [-0.25, -0.2) is 4.98 Å². The standard InChI is InChI=1S/C17H21N5O3/c1-19-17(18)22-13-7-10-5-6-20-16(12(10)8-14(13)24-2)25-9-11-3-4-15(23)21-11/h5-8,11H,3-4,9H2,1-2H3,(H,21,23)(H3,18,19,22)/t11-/m0/s1. The third-order valence-electron chi connectivity index (χ3n) is 4.06. The van der Waals surface area contributed by atoms with E-state index in [4.69, 9.17) is 15.2 Å². The van der Waals surface area contributed by atoms with E-state index in [2.05, 4.69) is 20.6 Å². The minimum atomic E-state index is 0.0213. The zero-order chi connectivity index (χ0) is 17.8. The summed E-state index contributed by atoms with van der Waals surface area (Å²) in [5.41, 5.74) is 6.45. The van der Waals surface area contributed by atoms with Gasteiger partial charge in [0.05, 0.1) is 18.8 Å². The van der Waals surface area contributed by atoms with E-state index < -0.39 is 0 Å². The fraction of sp³-hybridized carbons (Fsp3) is 0.353. The molecule has 1 atom stereocenters. The Bertz CT molecular complexity index is 821. The van der Waals surface area contributed by atoms with Crippen LogP contribution in [0.1, 0.15) is 12.8 Å². The summed E-state index contributed by atoms with van der Waals surface area (Å²) in [6, 6.07) is 5.64. The lowest BCUT2D eigenvalue weighted by molar-refractivity contribution is -0.119. The minimum Gasteiger partial charge on any atom is -0.495 e. The molecule has 1 aliphatic heterocycles. The Hall–Kier alpha value is -3.03. The number of ether oxygens (including phenoxy) is 2. The summed E-state index contributed by atoms with van der Waals surface area (Å²) < 4.78 is 11.3. The number of fused-ring (bicyclic) bond motifs is 1. The number of nitrogens with one attached hydrogen (secondary N) is 2. The van der Waals surface area contributed by atoms with Gasteiger partial charge in [-0.2, -0.15) is 0 Å². The molecule has 2 aromatic rings. The number of carbonyl (C=O) groups is 1. The van der Waals surface area contributed by atoms with Gasteiger partial charge in [0, 0.05) is 25.1 Å². The van der Waals surface area contributed by atoms with Crippen LogP contribution >= 0.6 is 0 Å². The number of anilines is 1. The summed E-state index contributed by atoms with van der Waals surface area (Å²) in [4.78, 5) is 19.5. The average molecular weight is 343 g/mol. The maximum absolute atomic E-state index is 11.3. The van der Waals surface area contributed by atoms with Gasteiger partial charge < -0.3 is 25.8 Å².